The van der Waals surface area contributed by atoms with Gasteiger partial charge in [0.05, 0.1) is 9.40 Å². The van der Waals surface area contributed by atoms with Crippen molar-refractivity contribution in [3.8, 4) is 11.1 Å². The lowest BCUT2D eigenvalue weighted by Gasteiger charge is -2.29. The van der Waals surface area contributed by atoms with Crippen LogP contribution in [0.4, 0.5) is 0 Å². The smallest absolute Gasteiger partial charge is 0.0540 e. The molecule has 0 aliphatic heterocycles. The summed E-state index contributed by atoms with van der Waals surface area (Å²) in [5, 5.41) is 8.31. The molecule has 0 radical (unpaired) electrons. The molecule has 45 heavy (non-hydrogen) atoms. The second kappa shape index (κ2) is 10.1. The highest BCUT2D eigenvalue weighted by Crippen LogP contribution is 2.50. The fourth-order valence-electron chi connectivity index (χ4n) is 7.13. The van der Waals surface area contributed by atoms with Crippen molar-refractivity contribution >= 4 is 79.4 Å². The van der Waals surface area contributed by atoms with Crippen LogP contribution in [0.3, 0.4) is 0 Å². The molecule has 224 valence electrons. The number of rotatable bonds is 2. The molecule has 0 N–H and O–H groups in total. The molecular weight excluding hydrogens is 581 g/mol. The average Bonchev–Trinajstić information content (AvgIpc) is 3.59. The van der Waals surface area contributed by atoms with Gasteiger partial charge in [0.1, 0.15) is 0 Å². The van der Waals surface area contributed by atoms with E-state index in [0.29, 0.717) is 11.3 Å². The fraction of sp³-hybridized carbons (Fsp3) is 0.256. The predicted molar refractivity (Wildman–Crippen MR) is 203 cm³/mol. The van der Waals surface area contributed by atoms with E-state index in [1.54, 1.807) is 0 Å². The van der Waals surface area contributed by atoms with Gasteiger partial charge in [-0.05, 0) is 80.8 Å². The Balaban J connectivity index is 1.31. The van der Waals surface area contributed by atoms with E-state index in [2.05, 4.69) is 146 Å². The minimum absolute atomic E-state index is 0.156. The summed E-state index contributed by atoms with van der Waals surface area (Å²) in [5.41, 5.74) is 8.37. The third-order valence-corrected chi connectivity index (χ3v) is 12.4. The Morgan fingerprint density at radius 1 is 0.600 bits per heavy atom. The van der Waals surface area contributed by atoms with E-state index in [4.69, 9.17) is 0 Å². The summed E-state index contributed by atoms with van der Waals surface area (Å²) >= 11 is 3.94. The topological polar surface area (TPSA) is 0 Å². The second-order valence-corrected chi connectivity index (χ2v) is 17.2. The number of hydrogen-bond acceptors (Lipinski definition) is 2. The molecule has 0 nitrogen and oxygen atoms in total. The van der Waals surface area contributed by atoms with Crippen LogP contribution in [0.5, 0.6) is 0 Å². The zero-order valence-corrected chi connectivity index (χ0v) is 29.0. The van der Waals surface area contributed by atoms with E-state index >= 15 is 0 Å². The fourth-order valence-corrected chi connectivity index (χ4v) is 9.78. The van der Waals surface area contributed by atoms with E-state index in [-0.39, 0.29) is 5.41 Å². The average molecular weight is 621 g/mol. The monoisotopic (exact) mass is 620 g/mol. The number of aryl methyl sites for hydroxylation is 1. The number of benzene rings is 5. The van der Waals surface area contributed by atoms with Crippen molar-refractivity contribution in [2.24, 2.45) is 11.3 Å². The van der Waals surface area contributed by atoms with E-state index in [1.165, 1.54) is 84.5 Å². The van der Waals surface area contributed by atoms with Crippen molar-refractivity contribution in [2.45, 2.75) is 60.3 Å². The van der Waals surface area contributed by atoms with Crippen LogP contribution in [0.15, 0.2) is 97.1 Å². The molecule has 0 saturated carbocycles. The van der Waals surface area contributed by atoms with Crippen molar-refractivity contribution < 1.29 is 0 Å². The molecule has 7 aromatic rings. The van der Waals surface area contributed by atoms with Crippen LogP contribution >= 0.6 is 22.7 Å². The van der Waals surface area contributed by atoms with Gasteiger partial charge in [0.25, 0.3) is 0 Å². The molecule has 2 aromatic heterocycles. The number of hydrogen-bond donors (Lipinski definition) is 0. The van der Waals surface area contributed by atoms with Gasteiger partial charge in [0.2, 0.25) is 0 Å². The maximum atomic E-state index is 2.45. The Bertz CT molecular complexity index is 2360. The predicted octanol–water partition coefficient (Wildman–Crippen LogP) is 13.9. The number of fused-ring (bicyclic) bond motifs is 10. The zero-order valence-electron chi connectivity index (χ0n) is 27.3. The Labute approximate surface area is 274 Å². The molecule has 1 aliphatic rings. The van der Waals surface area contributed by atoms with Crippen LogP contribution in [-0.2, 0) is 5.41 Å². The molecule has 2 heteroatoms. The van der Waals surface area contributed by atoms with Gasteiger partial charge >= 0.3 is 0 Å². The normalized spacial score (nSPS) is 16.1. The van der Waals surface area contributed by atoms with Crippen LogP contribution in [0.1, 0.15) is 64.7 Å². The van der Waals surface area contributed by atoms with E-state index < -0.39 is 0 Å². The van der Waals surface area contributed by atoms with Gasteiger partial charge in [0, 0.05) is 30.9 Å². The van der Waals surface area contributed by atoms with E-state index in [0.717, 1.165) is 6.42 Å². The minimum atomic E-state index is 0.156. The molecular formula is C43H40S2. The summed E-state index contributed by atoms with van der Waals surface area (Å²) in [4.78, 5) is 0. The summed E-state index contributed by atoms with van der Waals surface area (Å²) in [6.07, 6.45) is 8.33. The van der Waals surface area contributed by atoms with Crippen LogP contribution < -0.4 is 0 Å². The molecule has 1 atom stereocenters. The largest absolute Gasteiger partial charge is 0.134 e. The van der Waals surface area contributed by atoms with E-state index in [9.17, 15) is 0 Å². The Kier molecular flexibility index (Phi) is 6.48. The maximum Gasteiger partial charge on any atom is 0.0540 e. The Morgan fingerprint density at radius 2 is 1.18 bits per heavy atom. The molecule has 8 rings (SSSR count). The first kappa shape index (κ1) is 28.7. The molecule has 2 heterocycles. The molecule has 1 unspecified atom stereocenters. The quantitative estimate of drug-likeness (QED) is 0.180. The van der Waals surface area contributed by atoms with E-state index in [1.807, 2.05) is 22.7 Å². The standard InChI is InChI=1S/C43H40S2/c1-25-8-19-32-35(22-25)39-34-21-14-29(27-11-17-31(18-12-27)43(5,6)7)24-37(34)45-41(39)40-38(32)33-20-13-28(23-36(33)44-40)26-9-15-30(16-10-26)42(2,3)4/h8-15,17-24,30H,16H2,1-7H3. The van der Waals surface area contributed by atoms with Crippen LogP contribution in [0, 0.1) is 18.3 Å². The van der Waals surface area contributed by atoms with Crippen molar-refractivity contribution in [2.75, 3.05) is 0 Å². The van der Waals surface area contributed by atoms with Crippen molar-refractivity contribution in [1.29, 1.82) is 0 Å². The van der Waals surface area contributed by atoms with Gasteiger partial charge in [-0.1, -0.05) is 132 Å². The Hall–Kier alpha value is -3.72. The highest BCUT2D eigenvalue weighted by Gasteiger charge is 2.24. The molecule has 5 aromatic carbocycles. The van der Waals surface area contributed by atoms with Crippen molar-refractivity contribution in [1.82, 2.24) is 0 Å². The van der Waals surface area contributed by atoms with Gasteiger partial charge in [-0.2, -0.15) is 0 Å². The third kappa shape index (κ3) is 4.77. The van der Waals surface area contributed by atoms with Crippen LogP contribution in [-0.4, -0.2) is 0 Å². The maximum absolute atomic E-state index is 2.45. The summed E-state index contributed by atoms with van der Waals surface area (Å²) in [6.45, 7) is 16.1. The molecule has 1 aliphatic carbocycles. The highest BCUT2D eigenvalue weighted by molar-refractivity contribution is 7.33. The zero-order chi connectivity index (χ0) is 31.2. The van der Waals surface area contributed by atoms with Gasteiger partial charge in [-0.25, -0.2) is 0 Å². The highest BCUT2D eigenvalue weighted by atomic mass is 32.1. The molecule has 0 saturated heterocycles. The molecule has 0 spiro atoms. The second-order valence-electron chi connectivity index (χ2n) is 15.1. The van der Waals surface area contributed by atoms with Gasteiger partial charge in [-0.3, -0.25) is 0 Å². The summed E-state index contributed by atoms with van der Waals surface area (Å²) in [5.74, 6) is 0.591. The van der Waals surface area contributed by atoms with Gasteiger partial charge in [-0.15, -0.1) is 22.7 Å². The van der Waals surface area contributed by atoms with Crippen molar-refractivity contribution in [3.05, 3.63) is 114 Å². The first-order valence-corrected chi connectivity index (χ1v) is 17.8. The molecule has 0 amide bonds. The third-order valence-electron chi connectivity index (χ3n) is 9.93. The molecule has 0 bridgehead atoms. The summed E-state index contributed by atoms with van der Waals surface area (Å²) < 4.78 is 5.58. The van der Waals surface area contributed by atoms with Crippen LogP contribution in [0.25, 0.3) is 67.8 Å². The van der Waals surface area contributed by atoms with Gasteiger partial charge < -0.3 is 0 Å². The first-order valence-electron chi connectivity index (χ1n) is 16.2. The SMILES string of the molecule is Cc1ccc2c(c1)c1c3ccc(-c4ccc(C(C)(C)C)cc4)cc3sc1c1sc3cc(C4=CCC(C(C)(C)C)C=C4)ccc3c21. The molecule has 0 fully saturated rings. The lowest BCUT2D eigenvalue weighted by Crippen LogP contribution is -2.19. The lowest BCUT2D eigenvalue weighted by molar-refractivity contribution is 0.294. The first-order chi connectivity index (χ1) is 21.5. The number of thiophene rings is 2. The summed E-state index contributed by atoms with van der Waals surface area (Å²) in [7, 11) is 0. The van der Waals surface area contributed by atoms with Gasteiger partial charge in [0.15, 0.2) is 0 Å². The number of allylic oxidation sites excluding steroid dienone is 4. The minimum Gasteiger partial charge on any atom is -0.134 e. The van der Waals surface area contributed by atoms with Crippen molar-refractivity contribution in [3.63, 3.8) is 0 Å². The Morgan fingerprint density at radius 3 is 1.78 bits per heavy atom. The summed E-state index contributed by atoms with van der Waals surface area (Å²) in [6, 6.07) is 30.5. The lowest BCUT2D eigenvalue weighted by atomic mass is 9.76. The van der Waals surface area contributed by atoms with Crippen LogP contribution in [0.2, 0.25) is 0 Å².